The molecule has 0 unspecified atom stereocenters. The number of carbonyl (C=O) groups excluding carboxylic acids is 3. The molecule has 3 amide bonds. The molecule has 3 N–H and O–H groups in total. The highest BCUT2D eigenvalue weighted by molar-refractivity contribution is 7.89. The van der Waals surface area contributed by atoms with E-state index in [4.69, 9.17) is 11.7 Å². The van der Waals surface area contributed by atoms with Gasteiger partial charge >= 0.3 is 0 Å². The number of amides is 3. The molecule has 2 aromatic carbocycles. The number of fused-ring (bicyclic) bond motifs is 1. The molecule has 4 rings (SSSR count). The molecule has 0 saturated carbocycles. The van der Waals surface area contributed by atoms with E-state index in [1.165, 1.54) is 30.3 Å². The van der Waals surface area contributed by atoms with E-state index >= 15 is 0 Å². The van der Waals surface area contributed by atoms with Crippen LogP contribution in [0.4, 0.5) is 10.1 Å². The van der Waals surface area contributed by atoms with E-state index < -0.39 is 28.3 Å². The second-order valence-corrected chi connectivity index (χ2v) is 12.4. The number of nitrogens with zero attached hydrogens (tertiary/aromatic N) is 2. The number of terminal acetylenes is 1. The molecule has 0 spiro atoms. The van der Waals surface area contributed by atoms with Crippen molar-refractivity contribution in [3.05, 3.63) is 81.9 Å². The maximum atomic E-state index is 13.8. The predicted octanol–water partition coefficient (Wildman–Crippen LogP) is 4.47. The van der Waals surface area contributed by atoms with Crippen LogP contribution in [-0.4, -0.2) is 48.5 Å². The van der Waals surface area contributed by atoms with Gasteiger partial charge in [0.2, 0.25) is 5.91 Å². The minimum absolute atomic E-state index is 0.0807. The van der Waals surface area contributed by atoms with Crippen molar-refractivity contribution in [3.63, 3.8) is 0 Å². The number of aryl methyl sites for hydroxylation is 2. The van der Waals surface area contributed by atoms with Crippen LogP contribution in [0.15, 0.2) is 47.4 Å². The fourth-order valence-corrected chi connectivity index (χ4v) is 6.40. The number of anilines is 1. The molecule has 0 bridgehead atoms. The van der Waals surface area contributed by atoms with Crippen LogP contribution in [-0.2, 0) is 26.0 Å². The van der Waals surface area contributed by atoms with Gasteiger partial charge in [0.05, 0.1) is 22.1 Å². The number of nitriles is 1. The molecule has 45 heavy (non-hydrogen) atoms. The molecule has 12 heteroatoms. The van der Waals surface area contributed by atoms with Gasteiger partial charge in [0.25, 0.3) is 21.8 Å². The van der Waals surface area contributed by atoms with Gasteiger partial charge in [0.15, 0.2) is 0 Å². The molecular weight excluding hydrogens is 597 g/mol. The van der Waals surface area contributed by atoms with E-state index in [1.54, 1.807) is 38.1 Å². The van der Waals surface area contributed by atoms with Crippen LogP contribution in [0.5, 0.6) is 0 Å². The first-order chi connectivity index (χ1) is 21.5. The predicted molar refractivity (Wildman–Crippen MR) is 167 cm³/mol. The summed E-state index contributed by atoms with van der Waals surface area (Å²) < 4.78 is 40.5. The largest absolute Gasteiger partial charge is 0.358 e. The third-order valence-electron chi connectivity index (χ3n) is 7.40. The number of sulfonamides is 1. The number of nitrogens with one attached hydrogen (secondary N) is 3. The molecule has 0 aliphatic carbocycles. The van der Waals surface area contributed by atoms with Crippen LogP contribution >= 0.6 is 0 Å². The maximum absolute atomic E-state index is 13.8. The molecule has 1 aliphatic heterocycles. The monoisotopic (exact) mass is 629 g/mol. The molecule has 1 aliphatic rings. The van der Waals surface area contributed by atoms with Crippen molar-refractivity contribution in [2.75, 3.05) is 18.4 Å². The lowest BCUT2D eigenvalue weighted by molar-refractivity contribution is -0.126. The van der Waals surface area contributed by atoms with Gasteiger partial charge < -0.3 is 15.6 Å². The fourth-order valence-electron chi connectivity index (χ4n) is 5.08. The van der Waals surface area contributed by atoms with Crippen molar-refractivity contribution < 1.29 is 27.2 Å². The average molecular weight is 630 g/mol. The summed E-state index contributed by atoms with van der Waals surface area (Å²) in [5.41, 5.74) is 4.37. The summed E-state index contributed by atoms with van der Waals surface area (Å²) in [5.74, 6) is 0.598. The zero-order valence-corrected chi connectivity index (χ0v) is 25.7. The highest BCUT2D eigenvalue weighted by atomic mass is 32.2. The summed E-state index contributed by atoms with van der Waals surface area (Å²) in [6.07, 6.45) is 8.47. The summed E-state index contributed by atoms with van der Waals surface area (Å²) in [5, 5.41) is 14.7. The number of aromatic amines is 1. The molecule has 2 heterocycles. The van der Waals surface area contributed by atoms with Crippen molar-refractivity contribution in [2.45, 2.75) is 50.8 Å². The standard InChI is InChI=1S/C33H32FN5O5S/c1-4-5-6-9-30(40)39(18-16-35)45(43,44)25-13-10-23(11-14-25)8-7-17-36-33(42)31-21(2)29(37-22(31)3)20-27-26-19-24(34)12-15-28(26)38-32(27)41/h1,10-15,19-20,37H,5-9,17-18H2,2-3H3,(H,36,42)(H,38,41)/b27-20-. The Bertz CT molecular complexity index is 1860. The minimum Gasteiger partial charge on any atom is -0.358 e. The smallest absolute Gasteiger partial charge is 0.267 e. The lowest BCUT2D eigenvalue weighted by Gasteiger charge is -2.19. The van der Waals surface area contributed by atoms with E-state index in [1.807, 2.05) is 0 Å². The van der Waals surface area contributed by atoms with Gasteiger partial charge in [0.1, 0.15) is 12.4 Å². The number of hydrogen-bond acceptors (Lipinski definition) is 6. The maximum Gasteiger partial charge on any atom is 0.267 e. The number of H-pyrrole nitrogens is 1. The minimum atomic E-state index is -4.21. The second kappa shape index (κ2) is 14.1. The summed E-state index contributed by atoms with van der Waals surface area (Å²) in [6.45, 7) is 3.27. The first-order valence-corrected chi connectivity index (χ1v) is 15.7. The van der Waals surface area contributed by atoms with Gasteiger partial charge in [-0.05, 0) is 80.6 Å². The Labute approximate surface area is 261 Å². The first kappa shape index (κ1) is 32.7. The Morgan fingerprint density at radius 1 is 1.13 bits per heavy atom. The SMILES string of the molecule is C#CCCCC(=O)N(CC#N)S(=O)(=O)c1ccc(CCCNC(=O)c2c(C)[nH]c(/C=C3\C(=O)Nc4ccc(F)cc43)c2C)cc1. The van der Waals surface area contributed by atoms with Crippen molar-refractivity contribution in [1.82, 2.24) is 14.6 Å². The molecule has 0 radical (unpaired) electrons. The van der Waals surface area contributed by atoms with Crippen LogP contribution < -0.4 is 10.6 Å². The number of benzene rings is 2. The third kappa shape index (κ3) is 7.31. The van der Waals surface area contributed by atoms with E-state index in [2.05, 4.69) is 21.5 Å². The highest BCUT2D eigenvalue weighted by Crippen LogP contribution is 2.34. The summed E-state index contributed by atoms with van der Waals surface area (Å²) >= 11 is 0. The molecule has 0 atom stereocenters. The number of aromatic nitrogens is 1. The fraction of sp³-hybridized carbons (Fsp3) is 0.273. The van der Waals surface area contributed by atoms with Crippen molar-refractivity contribution in [2.24, 2.45) is 0 Å². The van der Waals surface area contributed by atoms with Crippen LogP contribution in [0.2, 0.25) is 0 Å². The molecule has 10 nitrogen and oxygen atoms in total. The Hall–Kier alpha value is -5.20. The quantitative estimate of drug-likeness (QED) is 0.116. The van der Waals surface area contributed by atoms with Gasteiger partial charge in [-0.15, -0.1) is 12.3 Å². The van der Waals surface area contributed by atoms with Crippen LogP contribution in [0.25, 0.3) is 11.6 Å². The average Bonchev–Trinajstić information content (AvgIpc) is 3.47. The lowest BCUT2D eigenvalue weighted by atomic mass is 10.0. The van der Waals surface area contributed by atoms with E-state index in [9.17, 15) is 27.2 Å². The summed E-state index contributed by atoms with van der Waals surface area (Å²) in [6, 6.07) is 11.8. The van der Waals surface area contributed by atoms with E-state index in [-0.39, 0.29) is 23.1 Å². The Morgan fingerprint density at radius 2 is 1.87 bits per heavy atom. The number of hydrogen-bond donors (Lipinski definition) is 3. The molecule has 3 aromatic rings. The van der Waals surface area contributed by atoms with Crippen LogP contribution in [0, 0.1) is 43.3 Å². The topological polar surface area (TPSA) is 152 Å². The Balaban J connectivity index is 1.36. The highest BCUT2D eigenvalue weighted by Gasteiger charge is 2.29. The van der Waals surface area contributed by atoms with Crippen LogP contribution in [0.3, 0.4) is 0 Å². The number of carbonyl (C=O) groups is 3. The second-order valence-electron chi connectivity index (χ2n) is 10.5. The lowest BCUT2D eigenvalue weighted by Crippen LogP contribution is -2.37. The van der Waals surface area contributed by atoms with Crippen molar-refractivity contribution in [1.29, 1.82) is 5.26 Å². The van der Waals surface area contributed by atoms with Gasteiger partial charge in [-0.3, -0.25) is 14.4 Å². The zero-order chi connectivity index (χ0) is 32.7. The number of unbranched alkanes of at least 4 members (excludes halogenated alkanes) is 1. The number of rotatable bonds is 12. The molecule has 232 valence electrons. The van der Waals surface area contributed by atoms with Gasteiger partial charge in [-0.2, -0.15) is 5.26 Å². The zero-order valence-electron chi connectivity index (χ0n) is 24.9. The summed E-state index contributed by atoms with van der Waals surface area (Å²) in [7, 11) is -4.21. The molecule has 0 fully saturated rings. The van der Waals surface area contributed by atoms with Crippen molar-refractivity contribution >= 4 is 45.1 Å². The van der Waals surface area contributed by atoms with Gasteiger partial charge in [-0.25, -0.2) is 17.1 Å². The van der Waals surface area contributed by atoms with E-state index in [0.29, 0.717) is 75.9 Å². The third-order valence-corrected chi connectivity index (χ3v) is 9.18. The normalized spacial score (nSPS) is 13.1. The number of halogens is 1. The first-order valence-electron chi connectivity index (χ1n) is 14.2. The molecule has 0 saturated heterocycles. The summed E-state index contributed by atoms with van der Waals surface area (Å²) in [4.78, 5) is 41.1. The van der Waals surface area contributed by atoms with Crippen molar-refractivity contribution in [3.8, 4) is 18.4 Å². The Kier molecular flexibility index (Phi) is 10.2. The van der Waals surface area contributed by atoms with E-state index in [0.717, 1.165) is 5.56 Å². The molecule has 1 aromatic heterocycles. The molecular formula is C33H32FN5O5S. The Morgan fingerprint density at radius 3 is 2.56 bits per heavy atom. The van der Waals surface area contributed by atoms with Crippen LogP contribution in [0.1, 0.15) is 64.1 Å². The van der Waals surface area contributed by atoms with Gasteiger partial charge in [-0.1, -0.05) is 12.1 Å². The van der Waals surface area contributed by atoms with Gasteiger partial charge in [0, 0.05) is 42.0 Å².